The molecule has 5 rings (SSSR count). The van der Waals surface area contributed by atoms with Gasteiger partial charge in [-0.05, 0) is 45.2 Å². The first-order chi connectivity index (χ1) is 17.7. The van der Waals surface area contributed by atoms with Gasteiger partial charge in [-0.25, -0.2) is 0 Å². The summed E-state index contributed by atoms with van der Waals surface area (Å²) >= 11 is 0. The van der Waals surface area contributed by atoms with Crippen molar-refractivity contribution in [2.75, 3.05) is 5.32 Å². The minimum atomic E-state index is -1.00. The second-order valence-corrected chi connectivity index (χ2v) is 10.1. The number of nitrogens with zero attached hydrogens (tertiary/aromatic N) is 4. The third kappa shape index (κ3) is 4.38. The molecule has 0 radical (unpaired) electrons. The fourth-order valence-corrected chi connectivity index (χ4v) is 5.91. The summed E-state index contributed by atoms with van der Waals surface area (Å²) in [5, 5.41) is 10.0. The Hall–Kier alpha value is -4.02. The van der Waals surface area contributed by atoms with Crippen LogP contribution in [0.1, 0.15) is 78.8 Å². The number of rotatable bonds is 5. The zero-order valence-corrected chi connectivity index (χ0v) is 21.1. The molecule has 4 heterocycles. The van der Waals surface area contributed by atoms with Gasteiger partial charge in [-0.15, -0.1) is 0 Å². The number of piperidine rings is 2. The van der Waals surface area contributed by atoms with Gasteiger partial charge >= 0.3 is 0 Å². The predicted octanol–water partition coefficient (Wildman–Crippen LogP) is 1.86. The van der Waals surface area contributed by atoms with E-state index in [1.807, 2.05) is 15.8 Å². The molecule has 37 heavy (non-hydrogen) atoms. The van der Waals surface area contributed by atoms with Crippen molar-refractivity contribution >= 4 is 35.2 Å². The lowest BCUT2D eigenvalue weighted by Crippen LogP contribution is -2.54. The zero-order chi connectivity index (χ0) is 26.4. The van der Waals surface area contributed by atoms with Crippen LogP contribution in [0, 0.1) is 0 Å². The van der Waals surface area contributed by atoms with Crippen molar-refractivity contribution in [2.24, 2.45) is 0 Å². The Morgan fingerprint density at radius 2 is 1.84 bits per heavy atom. The molecule has 11 heteroatoms. The molecule has 1 aromatic heterocycles. The first kappa shape index (κ1) is 24.7. The molecule has 0 aliphatic carbocycles. The molecule has 1 aromatic carbocycles. The van der Waals surface area contributed by atoms with Gasteiger partial charge in [0.2, 0.25) is 17.7 Å². The van der Waals surface area contributed by atoms with E-state index >= 15 is 0 Å². The number of anilines is 1. The molecule has 2 N–H and O–H groups in total. The Kier molecular flexibility index (Phi) is 6.30. The maximum atomic E-state index is 13.3. The number of carbonyl (C=O) groups excluding carboxylic acids is 5. The Labute approximate surface area is 214 Å². The second-order valence-electron chi connectivity index (χ2n) is 10.1. The molecule has 3 aliphatic heterocycles. The van der Waals surface area contributed by atoms with Crippen LogP contribution in [0.4, 0.5) is 5.69 Å². The Bertz CT molecular complexity index is 1290. The van der Waals surface area contributed by atoms with E-state index in [1.54, 1.807) is 31.3 Å². The molecular formula is C26H30N6O5. The number of benzene rings is 1. The normalized spacial score (nSPS) is 25.8. The molecule has 3 aliphatic rings. The van der Waals surface area contributed by atoms with Gasteiger partial charge in [0.1, 0.15) is 6.04 Å². The van der Waals surface area contributed by atoms with Crippen LogP contribution in [-0.2, 0) is 20.9 Å². The first-order valence-electron chi connectivity index (χ1n) is 12.6. The Balaban J connectivity index is 1.29. The quantitative estimate of drug-likeness (QED) is 0.591. The molecule has 2 aromatic rings. The van der Waals surface area contributed by atoms with Gasteiger partial charge in [0.15, 0.2) is 0 Å². The zero-order valence-electron chi connectivity index (χ0n) is 21.1. The van der Waals surface area contributed by atoms with Crippen molar-refractivity contribution in [2.45, 2.75) is 77.2 Å². The smallest absolute Gasteiger partial charge is 0.264 e. The molecule has 2 unspecified atom stereocenters. The molecule has 5 amide bonds. The van der Waals surface area contributed by atoms with E-state index in [0.29, 0.717) is 12.2 Å². The lowest BCUT2D eigenvalue weighted by atomic mass is 9.93. The molecule has 194 valence electrons. The van der Waals surface area contributed by atoms with Crippen LogP contribution in [-0.4, -0.2) is 67.2 Å². The number of hydrogen-bond donors (Lipinski definition) is 2. The molecule has 2 fully saturated rings. The van der Waals surface area contributed by atoms with E-state index < -0.39 is 29.7 Å². The van der Waals surface area contributed by atoms with Crippen LogP contribution in [0.2, 0.25) is 0 Å². The van der Waals surface area contributed by atoms with Crippen molar-refractivity contribution in [3.8, 4) is 0 Å². The van der Waals surface area contributed by atoms with Crippen LogP contribution in [0.3, 0.4) is 0 Å². The summed E-state index contributed by atoms with van der Waals surface area (Å²) in [5.74, 6) is -2.04. The summed E-state index contributed by atoms with van der Waals surface area (Å²) in [7, 11) is 0. The lowest BCUT2D eigenvalue weighted by molar-refractivity contribution is -0.137. The molecular weight excluding hydrogens is 476 g/mol. The molecule has 2 saturated heterocycles. The van der Waals surface area contributed by atoms with E-state index in [1.165, 1.54) is 0 Å². The minimum Gasteiger partial charge on any atom is -0.380 e. The van der Waals surface area contributed by atoms with Gasteiger partial charge in [-0.1, -0.05) is 6.07 Å². The van der Waals surface area contributed by atoms with Crippen molar-refractivity contribution in [3.63, 3.8) is 0 Å². The molecule has 0 spiro atoms. The van der Waals surface area contributed by atoms with E-state index in [9.17, 15) is 24.0 Å². The van der Waals surface area contributed by atoms with Gasteiger partial charge in [0.05, 0.1) is 23.4 Å². The maximum Gasteiger partial charge on any atom is 0.264 e. The van der Waals surface area contributed by atoms with Crippen molar-refractivity contribution in [3.05, 3.63) is 47.3 Å². The van der Waals surface area contributed by atoms with Gasteiger partial charge in [0, 0.05) is 49.4 Å². The topological polar surface area (TPSA) is 134 Å². The van der Waals surface area contributed by atoms with Crippen molar-refractivity contribution < 1.29 is 24.0 Å². The summed E-state index contributed by atoms with van der Waals surface area (Å²) in [4.78, 5) is 65.0. The number of amides is 5. The summed E-state index contributed by atoms with van der Waals surface area (Å²) in [6.45, 7) is 6.10. The highest BCUT2D eigenvalue weighted by molar-refractivity contribution is 6.25. The third-order valence-electron chi connectivity index (χ3n) is 7.52. The number of hydrogen-bond acceptors (Lipinski definition) is 7. The highest BCUT2D eigenvalue weighted by Crippen LogP contribution is 2.33. The monoisotopic (exact) mass is 506 g/mol. The van der Waals surface area contributed by atoms with Crippen LogP contribution < -0.4 is 10.6 Å². The van der Waals surface area contributed by atoms with Crippen LogP contribution >= 0.6 is 0 Å². The molecule has 4 atom stereocenters. The highest BCUT2D eigenvalue weighted by Gasteiger charge is 2.45. The largest absolute Gasteiger partial charge is 0.380 e. The van der Waals surface area contributed by atoms with E-state index in [4.69, 9.17) is 0 Å². The molecule has 11 nitrogen and oxygen atoms in total. The van der Waals surface area contributed by atoms with E-state index in [-0.39, 0.29) is 48.0 Å². The average molecular weight is 507 g/mol. The van der Waals surface area contributed by atoms with Crippen LogP contribution in [0.5, 0.6) is 0 Å². The fourth-order valence-electron chi connectivity index (χ4n) is 5.91. The third-order valence-corrected chi connectivity index (χ3v) is 7.52. The fraction of sp³-hybridized carbons (Fsp3) is 0.462. The summed E-state index contributed by atoms with van der Waals surface area (Å²) in [6.07, 6.45) is 5.55. The number of carbonyl (C=O) groups is 5. The van der Waals surface area contributed by atoms with E-state index in [2.05, 4.69) is 29.6 Å². The van der Waals surface area contributed by atoms with Crippen LogP contribution in [0.25, 0.3) is 0 Å². The maximum absolute atomic E-state index is 13.3. The number of likely N-dealkylation sites (tertiary alicyclic amines) is 1. The van der Waals surface area contributed by atoms with E-state index in [0.717, 1.165) is 23.3 Å². The van der Waals surface area contributed by atoms with Crippen LogP contribution in [0.15, 0.2) is 30.6 Å². The number of fused-ring (bicyclic) bond motifs is 1. The van der Waals surface area contributed by atoms with Gasteiger partial charge in [0.25, 0.3) is 11.8 Å². The standard InChI is InChI=1S/C26H30N6O5/c1-14-9-18(10-15(2)31(14)16(3)33)30-13-17(12-28-30)11-27-20-6-4-5-19-23(20)26(37)32(25(19)36)21-7-8-22(34)29-24(21)35/h4-6,12-15,18,21,27H,7-11H2,1-3H3,(H,29,34,35)/t14-,15+,18?,21?. The molecule has 0 saturated carbocycles. The van der Waals surface area contributed by atoms with Gasteiger partial charge in [-0.3, -0.25) is 38.9 Å². The second kappa shape index (κ2) is 9.45. The number of imide groups is 2. The summed E-state index contributed by atoms with van der Waals surface area (Å²) in [6, 6.07) is 4.41. The molecule has 0 bridgehead atoms. The lowest BCUT2D eigenvalue weighted by Gasteiger charge is -2.42. The Morgan fingerprint density at radius 3 is 2.51 bits per heavy atom. The highest BCUT2D eigenvalue weighted by atomic mass is 16.2. The first-order valence-corrected chi connectivity index (χ1v) is 12.6. The summed E-state index contributed by atoms with van der Waals surface area (Å²) < 4.78 is 1.94. The van der Waals surface area contributed by atoms with Crippen molar-refractivity contribution in [1.82, 2.24) is 24.9 Å². The van der Waals surface area contributed by atoms with Crippen molar-refractivity contribution in [1.29, 1.82) is 0 Å². The number of aromatic nitrogens is 2. The predicted molar refractivity (Wildman–Crippen MR) is 132 cm³/mol. The number of nitrogens with one attached hydrogen (secondary N) is 2. The van der Waals surface area contributed by atoms with Gasteiger partial charge in [-0.2, -0.15) is 5.10 Å². The summed E-state index contributed by atoms with van der Waals surface area (Å²) in [5.41, 5.74) is 1.86. The van der Waals surface area contributed by atoms with Gasteiger partial charge < -0.3 is 10.2 Å². The Morgan fingerprint density at radius 1 is 1.11 bits per heavy atom. The average Bonchev–Trinajstić information content (AvgIpc) is 3.41. The minimum absolute atomic E-state index is 0.0737. The SMILES string of the molecule is CC(=O)N1[C@H](C)CC(n2cc(CNc3cccc4c3C(=O)N(C3CCC(=O)NC3=O)C4=O)cn2)C[C@@H]1C.